The Labute approximate surface area is 135 Å². The highest BCUT2D eigenvalue weighted by atomic mass is 16.5. The van der Waals surface area contributed by atoms with Crippen molar-refractivity contribution in [3.63, 3.8) is 0 Å². The van der Waals surface area contributed by atoms with E-state index in [0.29, 0.717) is 23.7 Å². The molecule has 1 N–H and O–H groups in total. The average Bonchev–Trinajstić information content (AvgIpc) is 2.90. The predicted octanol–water partition coefficient (Wildman–Crippen LogP) is 4.14. The Balaban J connectivity index is 1.81. The fourth-order valence-corrected chi connectivity index (χ4v) is 2.70. The molecular weight excluding hydrogens is 290 g/mol. The molecule has 0 saturated heterocycles. The molecule has 0 bridgehead atoms. The lowest BCUT2D eigenvalue weighted by atomic mass is 10.1. The second kappa shape index (κ2) is 6.57. The van der Waals surface area contributed by atoms with Gasteiger partial charge >= 0.3 is 0 Å². The van der Waals surface area contributed by atoms with E-state index in [2.05, 4.69) is 4.98 Å². The van der Waals surface area contributed by atoms with E-state index < -0.39 is 0 Å². The van der Waals surface area contributed by atoms with Gasteiger partial charge in [-0.1, -0.05) is 30.3 Å². The van der Waals surface area contributed by atoms with Gasteiger partial charge in [-0.15, -0.1) is 0 Å². The highest BCUT2D eigenvalue weighted by Gasteiger charge is 2.17. The Morgan fingerprint density at radius 2 is 1.65 bits per heavy atom. The third-order valence-electron chi connectivity index (χ3n) is 3.68. The van der Waals surface area contributed by atoms with Gasteiger partial charge in [0.15, 0.2) is 18.1 Å². The monoisotopic (exact) mass is 309 g/mol. The number of para-hydroxylation sites is 3. The van der Waals surface area contributed by atoms with E-state index in [-0.39, 0.29) is 12.4 Å². The number of carbonyl (C=O) groups excluding carboxylic acids is 1. The standard InChI is InChI=1S/C19H19NO3/c1-3-22-17-10-6-7-11-18(17)23-12-16(21)19-13(2)20-15-9-5-4-8-14(15)19/h4-11,20H,3,12H2,1-2H3. The van der Waals surface area contributed by atoms with Gasteiger partial charge in [0.2, 0.25) is 5.78 Å². The van der Waals surface area contributed by atoms with Crippen molar-refractivity contribution in [2.45, 2.75) is 13.8 Å². The van der Waals surface area contributed by atoms with E-state index in [1.165, 1.54) is 0 Å². The van der Waals surface area contributed by atoms with E-state index in [0.717, 1.165) is 16.6 Å². The molecule has 0 aliphatic heterocycles. The second-order valence-corrected chi connectivity index (χ2v) is 5.26. The maximum Gasteiger partial charge on any atom is 0.202 e. The summed E-state index contributed by atoms with van der Waals surface area (Å²) >= 11 is 0. The first-order valence-corrected chi connectivity index (χ1v) is 7.66. The van der Waals surface area contributed by atoms with Crippen molar-refractivity contribution in [1.82, 2.24) is 4.98 Å². The van der Waals surface area contributed by atoms with Crippen LogP contribution < -0.4 is 9.47 Å². The van der Waals surface area contributed by atoms with E-state index >= 15 is 0 Å². The summed E-state index contributed by atoms with van der Waals surface area (Å²) in [6.07, 6.45) is 0. The van der Waals surface area contributed by atoms with Gasteiger partial charge in [0.1, 0.15) is 0 Å². The SMILES string of the molecule is CCOc1ccccc1OCC(=O)c1c(C)[nH]c2ccccc12. The Kier molecular flexibility index (Phi) is 4.33. The summed E-state index contributed by atoms with van der Waals surface area (Å²) in [4.78, 5) is 15.8. The van der Waals surface area contributed by atoms with Crippen LogP contribution in [0.5, 0.6) is 11.5 Å². The van der Waals surface area contributed by atoms with Crippen LogP contribution in [0.3, 0.4) is 0 Å². The predicted molar refractivity (Wildman–Crippen MR) is 90.5 cm³/mol. The number of hydrogen-bond acceptors (Lipinski definition) is 3. The van der Waals surface area contributed by atoms with Crippen molar-refractivity contribution in [3.05, 3.63) is 59.8 Å². The second-order valence-electron chi connectivity index (χ2n) is 5.26. The zero-order valence-electron chi connectivity index (χ0n) is 13.3. The number of nitrogens with one attached hydrogen (secondary N) is 1. The van der Waals surface area contributed by atoms with Gasteiger partial charge in [0, 0.05) is 22.2 Å². The molecule has 0 radical (unpaired) electrons. The van der Waals surface area contributed by atoms with Crippen molar-refractivity contribution in [1.29, 1.82) is 0 Å². The molecule has 4 heteroatoms. The number of hydrogen-bond donors (Lipinski definition) is 1. The Morgan fingerprint density at radius 1 is 1.00 bits per heavy atom. The van der Waals surface area contributed by atoms with Crippen LogP contribution >= 0.6 is 0 Å². The molecule has 3 rings (SSSR count). The minimum atomic E-state index is -0.0498. The third kappa shape index (κ3) is 3.06. The largest absolute Gasteiger partial charge is 0.490 e. The van der Waals surface area contributed by atoms with Crippen LogP contribution in [0.2, 0.25) is 0 Å². The van der Waals surface area contributed by atoms with E-state index in [4.69, 9.17) is 9.47 Å². The normalized spacial score (nSPS) is 10.7. The smallest absolute Gasteiger partial charge is 0.202 e. The third-order valence-corrected chi connectivity index (χ3v) is 3.68. The maximum absolute atomic E-state index is 12.6. The highest BCUT2D eigenvalue weighted by Crippen LogP contribution is 2.27. The van der Waals surface area contributed by atoms with Gasteiger partial charge in [0.25, 0.3) is 0 Å². The van der Waals surface area contributed by atoms with E-state index in [1.54, 1.807) is 6.07 Å². The molecule has 0 atom stereocenters. The first-order chi connectivity index (χ1) is 11.2. The fourth-order valence-electron chi connectivity index (χ4n) is 2.70. The number of H-pyrrole nitrogens is 1. The Bertz CT molecular complexity index is 836. The van der Waals surface area contributed by atoms with Crippen LogP contribution in [0.4, 0.5) is 0 Å². The van der Waals surface area contributed by atoms with Crippen molar-refractivity contribution in [2.75, 3.05) is 13.2 Å². The lowest BCUT2D eigenvalue weighted by molar-refractivity contribution is 0.0920. The van der Waals surface area contributed by atoms with Gasteiger partial charge in [-0.2, -0.15) is 0 Å². The number of ether oxygens (including phenoxy) is 2. The lowest BCUT2D eigenvalue weighted by Crippen LogP contribution is -2.13. The number of benzene rings is 2. The number of aromatic amines is 1. The van der Waals surface area contributed by atoms with Crippen molar-refractivity contribution in [3.8, 4) is 11.5 Å². The molecule has 118 valence electrons. The van der Waals surface area contributed by atoms with Crippen LogP contribution in [0.25, 0.3) is 10.9 Å². The molecule has 1 aromatic heterocycles. The highest BCUT2D eigenvalue weighted by molar-refractivity contribution is 6.09. The molecular formula is C19H19NO3. The average molecular weight is 309 g/mol. The van der Waals surface area contributed by atoms with Crippen LogP contribution in [0.15, 0.2) is 48.5 Å². The summed E-state index contributed by atoms with van der Waals surface area (Å²) in [6.45, 7) is 4.35. The van der Waals surface area contributed by atoms with Gasteiger partial charge < -0.3 is 14.5 Å². The van der Waals surface area contributed by atoms with Gasteiger partial charge in [-0.3, -0.25) is 4.79 Å². The lowest BCUT2D eigenvalue weighted by Gasteiger charge is -2.11. The molecule has 0 fully saturated rings. The van der Waals surface area contributed by atoms with E-state index in [1.807, 2.05) is 56.3 Å². The minimum absolute atomic E-state index is 0.0211. The van der Waals surface area contributed by atoms with Crippen LogP contribution in [0.1, 0.15) is 23.0 Å². The molecule has 0 spiro atoms. The molecule has 3 aromatic rings. The summed E-state index contributed by atoms with van der Waals surface area (Å²) in [7, 11) is 0. The first-order valence-electron chi connectivity index (χ1n) is 7.66. The number of ketones is 1. The molecule has 2 aromatic carbocycles. The quantitative estimate of drug-likeness (QED) is 0.696. The molecule has 4 nitrogen and oxygen atoms in total. The number of Topliss-reactive ketones (excluding diaryl/α,β-unsaturated/α-hetero) is 1. The summed E-state index contributed by atoms with van der Waals surface area (Å²) < 4.78 is 11.2. The van der Waals surface area contributed by atoms with Crippen molar-refractivity contribution >= 4 is 16.7 Å². The van der Waals surface area contributed by atoms with Crippen molar-refractivity contribution < 1.29 is 14.3 Å². The Morgan fingerprint density at radius 3 is 2.39 bits per heavy atom. The summed E-state index contributed by atoms with van der Waals surface area (Å²) in [5.74, 6) is 1.19. The van der Waals surface area contributed by atoms with Gasteiger partial charge in [-0.05, 0) is 32.0 Å². The minimum Gasteiger partial charge on any atom is -0.490 e. The summed E-state index contributed by atoms with van der Waals surface area (Å²) in [5, 5.41) is 0.927. The van der Waals surface area contributed by atoms with Gasteiger partial charge in [-0.25, -0.2) is 0 Å². The van der Waals surface area contributed by atoms with Crippen LogP contribution in [-0.2, 0) is 0 Å². The summed E-state index contributed by atoms with van der Waals surface area (Å²) in [5.41, 5.74) is 2.51. The molecule has 0 saturated carbocycles. The number of aryl methyl sites for hydroxylation is 1. The summed E-state index contributed by atoms with van der Waals surface area (Å²) in [6, 6.07) is 15.2. The Hall–Kier alpha value is -2.75. The number of carbonyl (C=O) groups is 1. The van der Waals surface area contributed by atoms with E-state index in [9.17, 15) is 4.79 Å². The number of rotatable bonds is 6. The van der Waals surface area contributed by atoms with Crippen LogP contribution in [0, 0.1) is 6.92 Å². The number of fused-ring (bicyclic) bond motifs is 1. The topological polar surface area (TPSA) is 51.3 Å². The zero-order valence-corrected chi connectivity index (χ0v) is 13.3. The molecule has 23 heavy (non-hydrogen) atoms. The first kappa shape index (κ1) is 15.2. The molecule has 0 amide bonds. The molecule has 1 heterocycles. The molecule has 0 aliphatic carbocycles. The number of aromatic nitrogens is 1. The van der Waals surface area contributed by atoms with Gasteiger partial charge in [0.05, 0.1) is 6.61 Å². The molecule has 0 unspecified atom stereocenters. The maximum atomic E-state index is 12.6. The van der Waals surface area contributed by atoms with Crippen LogP contribution in [-0.4, -0.2) is 24.0 Å². The zero-order chi connectivity index (χ0) is 16.2. The fraction of sp³-hybridized carbons (Fsp3) is 0.211. The van der Waals surface area contributed by atoms with Crippen molar-refractivity contribution in [2.24, 2.45) is 0 Å². The molecule has 0 aliphatic rings.